The van der Waals surface area contributed by atoms with Gasteiger partial charge in [-0.2, -0.15) is 10.2 Å². The van der Waals surface area contributed by atoms with Gasteiger partial charge < -0.3 is 4.90 Å². The fourth-order valence-corrected chi connectivity index (χ4v) is 3.59. The smallest absolute Gasteiger partial charge is 0.244 e. The maximum absolute atomic E-state index is 12.6. The molecule has 1 aliphatic heterocycles. The number of nitrogens with zero attached hydrogens (tertiary/aromatic N) is 6. The Labute approximate surface area is 140 Å². The molecule has 2 atom stereocenters. The summed E-state index contributed by atoms with van der Waals surface area (Å²) in [5.74, 6) is 3.65. The molecule has 2 aromatic rings. The van der Waals surface area contributed by atoms with Crippen molar-refractivity contribution in [1.29, 1.82) is 0 Å². The number of aromatic nitrogens is 6. The molecule has 0 spiro atoms. The number of H-pyrrole nitrogens is 1. The molecule has 1 aliphatic carbocycles. The summed E-state index contributed by atoms with van der Waals surface area (Å²) in [5.41, 5.74) is 0. The van der Waals surface area contributed by atoms with Crippen molar-refractivity contribution in [3.63, 3.8) is 0 Å². The molecule has 8 nitrogen and oxygen atoms in total. The van der Waals surface area contributed by atoms with E-state index in [4.69, 9.17) is 0 Å². The molecule has 3 heterocycles. The number of amides is 1. The molecule has 128 valence electrons. The lowest BCUT2D eigenvalue weighted by Crippen LogP contribution is -2.32. The summed E-state index contributed by atoms with van der Waals surface area (Å²) in [6, 6.07) is 0. The molecule has 1 amide bonds. The number of rotatable bonds is 5. The van der Waals surface area contributed by atoms with Crippen molar-refractivity contribution in [3.8, 4) is 0 Å². The topological polar surface area (TPSA) is 92.6 Å². The zero-order valence-electron chi connectivity index (χ0n) is 14.1. The third kappa shape index (κ3) is 2.92. The van der Waals surface area contributed by atoms with E-state index < -0.39 is 0 Å². The second kappa shape index (κ2) is 5.99. The van der Waals surface area contributed by atoms with Gasteiger partial charge in [0.2, 0.25) is 5.91 Å². The van der Waals surface area contributed by atoms with Crippen LogP contribution in [0.4, 0.5) is 0 Å². The monoisotopic (exact) mass is 329 g/mol. The van der Waals surface area contributed by atoms with E-state index in [2.05, 4.69) is 39.1 Å². The van der Waals surface area contributed by atoms with E-state index in [1.807, 2.05) is 4.90 Å². The molecular weight excluding hydrogens is 306 g/mol. The number of carbonyl (C=O) groups excluding carboxylic acids is 1. The first kappa shape index (κ1) is 15.3. The first-order chi connectivity index (χ1) is 11.6. The van der Waals surface area contributed by atoms with Crippen molar-refractivity contribution in [1.82, 2.24) is 34.8 Å². The minimum absolute atomic E-state index is 0.0947. The van der Waals surface area contributed by atoms with Crippen LogP contribution in [0.2, 0.25) is 0 Å². The zero-order valence-corrected chi connectivity index (χ0v) is 14.1. The summed E-state index contributed by atoms with van der Waals surface area (Å²) in [6.45, 7) is 5.95. The Hall–Kier alpha value is -2.25. The van der Waals surface area contributed by atoms with Crippen molar-refractivity contribution >= 4 is 5.91 Å². The maximum atomic E-state index is 12.6. The Kier molecular flexibility index (Phi) is 3.82. The van der Waals surface area contributed by atoms with Gasteiger partial charge in [0.1, 0.15) is 25.0 Å². The van der Waals surface area contributed by atoms with Gasteiger partial charge in [0.25, 0.3) is 0 Å². The average molecular weight is 329 g/mol. The number of hydrogen-bond acceptors (Lipinski definition) is 5. The molecule has 0 radical (unpaired) electrons. The van der Waals surface area contributed by atoms with E-state index in [9.17, 15) is 4.79 Å². The van der Waals surface area contributed by atoms with Gasteiger partial charge in [0.15, 0.2) is 5.82 Å². The van der Waals surface area contributed by atoms with Crippen LogP contribution in [0, 0.1) is 11.8 Å². The van der Waals surface area contributed by atoms with E-state index in [1.165, 1.54) is 19.2 Å². The van der Waals surface area contributed by atoms with Crippen LogP contribution >= 0.6 is 0 Å². The zero-order chi connectivity index (χ0) is 16.7. The van der Waals surface area contributed by atoms with E-state index in [0.717, 1.165) is 18.2 Å². The van der Waals surface area contributed by atoms with Gasteiger partial charge >= 0.3 is 0 Å². The van der Waals surface area contributed by atoms with Crippen LogP contribution in [-0.4, -0.2) is 53.8 Å². The van der Waals surface area contributed by atoms with Crippen LogP contribution in [-0.2, 0) is 11.3 Å². The van der Waals surface area contributed by atoms with Gasteiger partial charge in [-0.25, -0.2) is 14.6 Å². The van der Waals surface area contributed by atoms with E-state index >= 15 is 0 Å². The average Bonchev–Trinajstić information content (AvgIpc) is 2.99. The number of aromatic amines is 1. The van der Waals surface area contributed by atoms with E-state index in [0.29, 0.717) is 24.3 Å². The standard InChI is InChI=1S/C16H23N7O/c1-10(2)15-19-16(21-20-15)13-6-22(5-12(13)11-3-4-11)14(24)7-23-9-17-8-18-23/h8-13H,3-7H2,1-2H3,(H,19,20,21)/t12-,13+/m1/s1. The van der Waals surface area contributed by atoms with Gasteiger partial charge in [-0.3, -0.25) is 9.89 Å². The minimum atomic E-state index is 0.0947. The fourth-order valence-electron chi connectivity index (χ4n) is 3.59. The molecule has 2 aliphatic rings. The molecule has 2 aromatic heterocycles. The molecule has 1 N–H and O–H groups in total. The van der Waals surface area contributed by atoms with Crippen molar-refractivity contribution in [2.24, 2.45) is 11.8 Å². The van der Waals surface area contributed by atoms with E-state index in [-0.39, 0.29) is 18.4 Å². The third-order valence-corrected chi connectivity index (χ3v) is 5.10. The molecule has 0 unspecified atom stereocenters. The molecule has 4 rings (SSSR count). The number of nitrogens with one attached hydrogen (secondary N) is 1. The number of likely N-dealkylation sites (tertiary alicyclic amines) is 1. The van der Waals surface area contributed by atoms with Crippen molar-refractivity contribution < 1.29 is 4.79 Å². The molecule has 1 saturated carbocycles. The predicted molar refractivity (Wildman–Crippen MR) is 86.0 cm³/mol. The Balaban J connectivity index is 1.50. The minimum Gasteiger partial charge on any atom is -0.340 e. The predicted octanol–water partition coefficient (Wildman–Crippen LogP) is 1.17. The van der Waals surface area contributed by atoms with Crippen LogP contribution in [0.15, 0.2) is 12.7 Å². The maximum Gasteiger partial charge on any atom is 0.244 e. The summed E-state index contributed by atoms with van der Waals surface area (Å²) >= 11 is 0. The first-order valence-electron chi connectivity index (χ1n) is 8.64. The third-order valence-electron chi connectivity index (χ3n) is 5.10. The van der Waals surface area contributed by atoms with Crippen LogP contribution in [0.3, 0.4) is 0 Å². The van der Waals surface area contributed by atoms with Crippen LogP contribution < -0.4 is 0 Å². The van der Waals surface area contributed by atoms with Crippen LogP contribution in [0.25, 0.3) is 0 Å². The van der Waals surface area contributed by atoms with Gasteiger partial charge in [-0.05, 0) is 24.7 Å². The molecule has 0 bridgehead atoms. The molecule has 0 aromatic carbocycles. The highest BCUT2D eigenvalue weighted by atomic mass is 16.2. The second-order valence-electron chi connectivity index (χ2n) is 7.23. The Bertz CT molecular complexity index is 704. The lowest BCUT2D eigenvalue weighted by atomic mass is 9.91. The molecule has 24 heavy (non-hydrogen) atoms. The molecule has 2 fully saturated rings. The van der Waals surface area contributed by atoms with Crippen LogP contribution in [0.5, 0.6) is 0 Å². The summed E-state index contributed by atoms with van der Waals surface area (Å²) in [6.07, 6.45) is 5.55. The fraction of sp³-hybridized carbons (Fsp3) is 0.688. The van der Waals surface area contributed by atoms with Crippen molar-refractivity contribution in [2.75, 3.05) is 13.1 Å². The summed E-state index contributed by atoms with van der Waals surface area (Å²) < 4.78 is 1.58. The molecular formula is C16H23N7O. The SMILES string of the molecule is CC(C)c1n[nH]c([C@H]2CN(C(=O)Cn3cncn3)C[C@@H]2C2CC2)n1. The van der Waals surface area contributed by atoms with Crippen molar-refractivity contribution in [3.05, 3.63) is 24.3 Å². The van der Waals surface area contributed by atoms with Crippen LogP contribution in [0.1, 0.15) is 50.2 Å². The largest absolute Gasteiger partial charge is 0.340 e. The Morgan fingerprint density at radius 1 is 1.38 bits per heavy atom. The van der Waals surface area contributed by atoms with Gasteiger partial charge in [-0.1, -0.05) is 13.8 Å². The summed E-state index contributed by atoms with van der Waals surface area (Å²) in [5, 5.41) is 11.5. The lowest BCUT2D eigenvalue weighted by molar-refractivity contribution is -0.131. The summed E-state index contributed by atoms with van der Waals surface area (Å²) in [4.78, 5) is 23.1. The van der Waals surface area contributed by atoms with E-state index in [1.54, 1.807) is 11.0 Å². The van der Waals surface area contributed by atoms with Gasteiger partial charge in [-0.15, -0.1) is 0 Å². The second-order valence-corrected chi connectivity index (χ2v) is 7.23. The highest BCUT2D eigenvalue weighted by Gasteiger charge is 2.45. The first-order valence-corrected chi connectivity index (χ1v) is 8.64. The quantitative estimate of drug-likeness (QED) is 0.889. The van der Waals surface area contributed by atoms with Gasteiger partial charge in [0, 0.05) is 24.9 Å². The summed E-state index contributed by atoms with van der Waals surface area (Å²) in [7, 11) is 0. The van der Waals surface area contributed by atoms with Gasteiger partial charge in [0.05, 0.1) is 0 Å². The Morgan fingerprint density at radius 3 is 2.83 bits per heavy atom. The highest BCUT2D eigenvalue weighted by molar-refractivity contribution is 5.76. The number of carbonyl (C=O) groups is 1. The number of hydrogen-bond donors (Lipinski definition) is 1. The molecule has 8 heteroatoms. The molecule has 1 saturated heterocycles. The highest BCUT2D eigenvalue weighted by Crippen LogP contribution is 2.47. The Morgan fingerprint density at radius 2 is 2.21 bits per heavy atom. The van der Waals surface area contributed by atoms with Crippen molar-refractivity contribution in [2.45, 2.75) is 45.1 Å². The lowest BCUT2D eigenvalue weighted by Gasteiger charge is -2.15. The normalized spacial score (nSPS) is 24.0.